The van der Waals surface area contributed by atoms with Crippen LogP contribution in [0.3, 0.4) is 0 Å². The Kier molecular flexibility index (Phi) is 5.30. The van der Waals surface area contributed by atoms with Gasteiger partial charge in [0.15, 0.2) is 0 Å². The zero-order valence-corrected chi connectivity index (χ0v) is 13.5. The molecule has 0 aromatic rings. The smallest absolute Gasteiger partial charge is 0.0207 e. The lowest BCUT2D eigenvalue weighted by molar-refractivity contribution is 0.0839. The van der Waals surface area contributed by atoms with E-state index < -0.39 is 0 Å². The third-order valence-electron chi connectivity index (χ3n) is 5.57. The molecule has 2 rings (SSSR count). The molecular weight excluding hydrogens is 232 g/mol. The van der Waals surface area contributed by atoms with Crippen molar-refractivity contribution in [3.63, 3.8) is 0 Å². The Morgan fingerprint density at radius 1 is 1.16 bits per heavy atom. The number of nitrogens with zero attached hydrogens (tertiary/aromatic N) is 1. The van der Waals surface area contributed by atoms with Gasteiger partial charge in [0.05, 0.1) is 0 Å². The number of rotatable bonds is 4. The van der Waals surface area contributed by atoms with Crippen LogP contribution in [0, 0.1) is 11.8 Å². The minimum absolute atomic E-state index is 0.433. The number of hydrogen-bond donors (Lipinski definition) is 1. The predicted octanol–water partition coefficient (Wildman–Crippen LogP) is 3.67. The Bertz CT molecular complexity index is 266. The Balaban J connectivity index is 1.97. The zero-order chi connectivity index (χ0) is 13.9. The van der Waals surface area contributed by atoms with E-state index in [1.807, 2.05) is 0 Å². The molecule has 0 radical (unpaired) electrons. The molecule has 19 heavy (non-hydrogen) atoms. The van der Waals surface area contributed by atoms with Gasteiger partial charge in [0.1, 0.15) is 0 Å². The van der Waals surface area contributed by atoms with Crippen molar-refractivity contribution in [3.05, 3.63) is 0 Å². The first-order valence-corrected chi connectivity index (χ1v) is 8.52. The molecule has 0 saturated carbocycles. The van der Waals surface area contributed by atoms with Crippen molar-refractivity contribution in [2.24, 2.45) is 11.8 Å². The van der Waals surface area contributed by atoms with Crippen LogP contribution in [0.15, 0.2) is 0 Å². The Morgan fingerprint density at radius 2 is 1.95 bits per heavy atom. The molecular formula is C17H34N2. The Morgan fingerprint density at radius 3 is 2.53 bits per heavy atom. The van der Waals surface area contributed by atoms with E-state index in [0.717, 1.165) is 17.9 Å². The molecule has 0 amide bonds. The van der Waals surface area contributed by atoms with Crippen molar-refractivity contribution in [2.45, 2.75) is 77.8 Å². The van der Waals surface area contributed by atoms with Crippen LogP contribution in [-0.2, 0) is 0 Å². The maximum atomic E-state index is 3.90. The fourth-order valence-corrected chi connectivity index (χ4v) is 4.14. The first-order valence-electron chi connectivity index (χ1n) is 8.52. The van der Waals surface area contributed by atoms with Gasteiger partial charge in [-0.2, -0.15) is 0 Å². The van der Waals surface area contributed by atoms with Gasteiger partial charge in [-0.3, -0.25) is 0 Å². The van der Waals surface area contributed by atoms with Gasteiger partial charge in [0.25, 0.3) is 0 Å². The summed E-state index contributed by atoms with van der Waals surface area (Å²) in [4.78, 5) is 2.69. The molecule has 0 aromatic carbocycles. The van der Waals surface area contributed by atoms with Crippen LogP contribution in [0.2, 0.25) is 0 Å². The Hall–Kier alpha value is -0.0800. The zero-order valence-electron chi connectivity index (χ0n) is 13.5. The van der Waals surface area contributed by atoms with Crippen molar-refractivity contribution in [2.75, 3.05) is 19.6 Å². The minimum Gasteiger partial charge on any atom is -0.311 e. The van der Waals surface area contributed by atoms with Gasteiger partial charge in [-0.25, -0.2) is 0 Å². The monoisotopic (exact) mass is 266 g/mol. The summed E-state index contributed by atoms with van der Waals surface area (Å²) in [7, 11) is 0. The van der Waals surface area contributed by atoms with Gasteiger partial charge in [-0.15, -0.1) is 0 Å². The van der Waals surface area contributed by atoms with E-state index in [9.17, 15) is 0 Å². The molecule has 0 spiro atoms. The van der Waals surface area contributed by atoms with E-state index >= 15 is 0 Å². The van der Waals surface area contributed by atoms with Gasteiger partial charge in [0, 0.05) is 18.1 Å². The normalized spacial score (nSPS) is 34.1. The molecule has 2 atom stereocenters. The van der Waals surface area contributed by atoms with Crippen molar-refractivity contribution < 1.29 is 0 Å². The van der Waals surface area contributed by atoms with Gasteiger partial charge in [0.2, 0.25) is 0 Å². The van der Waals surface area contributed by atoms with Crippen molar-refractivity contribution in [3.8, 4) is 0 Å². The van der Waals surface area contributed by atoms with Gasteiger partial charge < -0.3 is 10.2 Å². The summed E-state index contributed by atoms with van der Waals surface area (Å²) in [5, 5.41) is 3.90. The molecule has 1 N–H and O–H groups in total. The highest BCUT2D eigenvalue weighted by Gasteiger charge is 2.38. The molecule has 2 saturated heterocycles. The average Bonchev–Trinajstić information content (AvgIpc) is 2.40. The van der Waals surface area contributed by atoms with Crippen LogP contribution < -0.4 is 5.32 Å². The summed E-state index contributed by atoms with van der Waals surface area (Å²) in [6.07, 6.45) is 8.43. The minimum atomic E-state index is 0.433. The van der Waals surface area contributed by atoms with E-state index in [4.69, 9.17) is 0 Å². The SMILES string of the molecule is CC(C)N1CCCC(CC2(C(C)C)CCCCN2)C1. The quantitative estimate of drug-likeness (QED) is 0.835. The summed E-state index contributed by atoms with van der Waals surface area (Å²) in [6.45, 7) is 13.4. The molecule has 2 aliphatic rings. The Labute approximate surface area is 120 Å². The summed E-state index contributed by atoms with van der Waals surface area (Å²) < 4.78 is 0. The van der Waals surface area contributed by atoms with E-state index in [1.54, 1.807) is 0 Å². The topological polar surface area (TPSA) is 15.3 Å². The lowest BCUT2D eigenvalue weighted by Gasteiger charge is -2.46. The van der Waals surface area contributed by atoms with Crippen LogP contribution in [0.25, 0.3) is 0 Å². The average molecular weight is 266 g/mol. The standard InChI is InChI=1S/C17H34N2/c1-14(2)17(9-5-6-10-18-17)12-16-8-7-11-19(13-16)15(3)4/h14-16,18H,5-13H2,1-4H3. The third-order valence-corrected chi connectivity index (χ3v) is 5.57. The van der Waals surface area contributed by atoms with Crippen molar-refractivity contribution in [1.29, 1.82) is 0 Å². The number of likely N-dealkylation sites (tertiary alicyclic amines) is 1. The highest BCUT2D eigenvalue weighted by Crippen LogP contribution is 2.36. The van der Waals surface area contributed by atoms with Crippen molar-refractivity contribution in [1.82, 2.24) is 10.2 Å². The first-order chi connectivity index (χ1) is 9.03. The molecule has 2 aliphatic heterocycles. The third kappa shape index (κ3) is 3.72. The highest BCUT2D eigenvalue weighted by atomic mass is 15.2. The lowest BCUT2D eigenvalue weighted by Crippen LogP contribution is -2.55. The number of hydrogen-bond acceptors (Lipinski definition) is 2. The summed E-state index contributed by atoms with van der Waals surface area (Å²) >= 11 is 0. The molecule has 0 aliphatic carbocycles. The predicted molar refractivity (Wildman–Crippen MR) is 83.5 cm³/mol. The molecule has 0 aromatic heterocycles. The van der Waals surface area contributed by atoms with Gasteiger partial charge in [-0.1, -0.05) is 20.3 Å². The number of piperidine rings is 2. The van der Waals surface area contributed by atoms with E-state index in [0.29, 0.717) is 5.54 Å². The molecule has 2 heterocycles. The van der Waals surface area contributed by atoms with Gasteiger partial charge >= 0.3 is 0 Å². The highest BCUT2D eigenvalue weighted by molar-refractivity contribution is 4.96. The summed E-state index contributed by atoms with van der Waals surface area (Å²) in [5.41, 5.74) is 0.433. The molecule has 2 unspecified atom stereocenters. The van der Waals surface area contributed by atoms with Crippen LogP contribution in [-0.4, -0.2) is 36.1 Å². The molecule has 2 fully saturated rings. The van der Waals surface area contributed by atoms with Crippen LogP contribution >= 0.6 is 0 Å². The molecule has 2 heteroatoms. The maximum Gasteiger partial charge on any atom is 0.0207 e. The first kappa shape index (κ1) is 15.3. The fraction of sp³-hybridized carbons (Fsp3) is 1.00. The second-order valence-corrected chi connectivity index (χ2v) is 7.50. The van der Waals surface area contributed by atoms with Crippen LogP contribution in [0.4, 0.5) is 0 Å². The van der Waals surface area contributed by atoms with Crippen LogP contribution in [0.5, 0.6) is 0 Å². The van der Waals surface area contributed by atoms with Gasteiger partial charge in [-0.05, 0) is 70.9 Å². The summed E-state index contributed by atoms with van der Waals surface area (Å²) in [5.74, 6) is 1.67. The van der Waals surface area contributed by atoms with E-state index in [-0.39, 0.29) is 0 Å². The van der Waals surface area contributed by atoms with E-state index in [2.05, 4.69) is 37.9 Å². The van der Waals surface area contributed by atoms with Crippen LogP contribution in [0.1, 0.15) is 66.2 Å². The molecule has 112 valence electrons. The maximum absolute atomic E-state index is 3.90. The number of nitrogens with one attached hydrogen (secondary N) is 1. The molecule has 2 nitrogen and oxygen atoms in total. The lowest BCUT2D eigenvalue weighted by atomic mass is 9.72. The molecule has 0 bridgehead atoms. The second kappa shape index (κ2) is 6.58. The largest absolute Gasteiger partial charge is 0.311 e. The van der Waals surface area contributed by atoms with Crippen molar-refractivity contribution >= 4 is 0 Å². The van der Waals surface area contributed by atoms with E-state index in [1.165, 1.54) is 58.2 Å². The second-order valence-electron chi connectivity index (χ2n) is 7.50. The summed E-state index contributed by atoms with van der Waals surface area (Å²) in [6, 6.07) is 0.720. The fourth-order valence-electron chi connectivity index (χ4n) is 4.14.